The fraction of sp³-hybridized carbons (Fsp3) is 0.231. The van der Waals surface area contributed by atoms with E-state index in [9.17, 15) is 18.3 Å². The van der Waals surface area contributed by atoms with Gasteiger partial charge in [-0.1, -0.05) is 12.1 Å². The number of alkyl halides is 3. The predicted molar refractivity (Wildman–Crippen MR) is 71.5 cm³/mol. The molecule has 1 aromatic heterocycles. The van der Waals surface area contributed by atoms with Crippen LogP contribution in [0.2, 0.25) is 0 Å². The summed E-state index contributed by atoms with van der Waals surface area (Å²) in [7, 11) is 0. The third kappa shape index (κ3) is 3.75. The summed E-state index contributed by atoms with van der Waals surface area (Å²) in [4.78, 5) is 1.12. The van der Waals surface area contributed by atoms with Crippen LogP contribution in [-0.4, -0.2) is 10.6 Å². The number of hydrogen-bond donors (Lipinski definition) is 1. The number of thiophene rings is 1. The summed E-state index contributed by atoms with van der Waals surface area (Å²) in [6.07, 6.45) is -0.795. The van der Waals surface area contributed by atoms with Gasteiger partial charge in [0, 0.05) is 9.77 Å². The zero-order chi connectivity index (χ0) is 14.0. The third-order valence-electron chi connectivity index (χ3n) is 2.62. The lowest BCUT2D eigenvalue weighted by atomic mass is 10.0. The Bertz CT molecular complexity index is 546. The fourth-order valence-electron chi connectivity index (χ4n) is 1.71. The van der Waals surface area contributed by atoms with Crippen molar-refractivity contribution in [2.24, 2.45) is 0 Å². The van der Waals surface area contributed by atoms with Crippen LogP contribution in [0, 0.1) is 6.92 Å². The van der Waals surface area contributed by atoms with Crippen molar-refractivity contribution < 1.29 is 18.3 Å². The number of hydrogen-bond acceptors (Lipinski definition) is 3. The van der Waals surface area contributed by atoms with Crippen LogP contribution in [0.15, 0.2) is 40.6 Å². The topological polar surface area (TPSA) is 20.2 Å². The molecule has 2 aromatic rings. The van der Waals surface area contributed by atoms with Gasteiger partial charge in [-0.15, -0.1) is 11.3 Å². The lowest BCUT2D eigenvalue weighted by Crippen LogP contribution is -2.01. The van der Waals surface area contributed by atoms with Crippen molar-refractivity contribution in [3.8, 4) is 0 Å². The van der Waals surface area contributed by atoms with Crippen LogP contribution < -0.4 is 0 Å². The van der Waals surface area contributed by atoms with E-state index in [-0.39, 0.29) is 16.7 Å². The minimum atomic E-state index is -4.29. The van der Waals surface area contributed by atoms with Gasteiger partial charge < -0.3 is 5.11 Å². The van der Waals surface area contributed by atoms with Crippen molar-refractivity contribution in [3.63, 3.8) is 0 Å². The van der Waals surface area contributed by atoms with E-state index < -0.39 is 11.6 Å². The highest BCUT2D eigenvalue weighted by atomic mass is 32.2. The van der Waals surface area contributed by atoms with E-state index in [4.69, 9.17) is 0 Å². The fourth-order valence-corrected chi connectivity index (χ4v) is 2.98. The number of aliphatic hydroxyl groups is 1. The van der Waals surface area contributed by atoms with Crippen molar-refractivity contribution in [1.29, 1.82) is 0 Å². The molecule has 2 rings (SSSR count). The predicted octanol–water partition coefficient (Wildman–Crippen LogP) is 4.75. The smallest absolute Gasteiger partial charge is 0.384 e. The Morgan fingerprint density at radius 3 is 2.26 bits per heavy atom. The summed E-state index contributed by atoms with van der Waals surface area (Å²) in [6, 6.07) is 7.62. The zero-order valence-electron chi connectivity index (χ0n) is 9.94. The molecule has 1 atom stereocenters. The van der Waals surface area contributed by atoms with Gasteiger partial charge in [0.05, 0.1) is 0 Å². The normalized spacial score (nSPS) is 13.5. The number of benzene rings is 1. The molecule has 0 amide bonds. The highest BCUT2D eigenvalue weighted by molar-refractivity contribution is 8.00. The second-order valence-corrected chi connectivity index (χ2v) is 6.21. The first-order valence-electron chi connectivity index (χ1n) is 5.44. The molecule has 1 unspecified atom stereocenters. The number of halogens is 3. The molecule has 0 fully saturated rings. The molecule has 1 aromatic carbocycles. The number of aliphatic hydroxyl groups excluding tert-OH is 1. The van der Waals surface area contributed by atoms with E-state index in [0.717, 1.165) is 10.4 Å². The van der Waals surface area contributed by atoms with Crippen LogP contribution in [0.5, 0.6) is 0 Å². The van der Waals surface area contributed by atoms with Gasteiger partial charge in [0.25, 0.3) is 0 Å². The van der Waals surface area contributed by atoms with E-state index in [1.165, 1.54) is 35.6 Å². The van der Waals surface area contributed by atoms with Crippen molar-refractivity contribution in [2.45, 2.75) is 23.4 Å². The maximum absolute atomic E-state index is 12.2. The van der Waals surface area contributed by atoms with Gasteiger partial charge in [-0.25, -0.2) is 0 Å². The zero-order valence-corrected chi connectivity index (χ0v) is 11.6. The summed E-state index contributed by atoms with van der Waals surface area (Å²) in [5.41, 5.74) is -2.90. The van der Waals surface area contributed by atoms with Crippen LogP contribution in [0.25, 0.3) is 0 Å². The molecule has 1 nitrogen and oxygen atoms in total. The largest absolute Gasteiger partial charge is 0.446 e. The van der Waals surface area contributed by atoms with Crippen LogP contribution in [0.4, 0.5) is 13.2 Å². The first kappa shape index (κ1) is 14.4. The van der Waals surface area contributed by atoms with Gasteiger partial charge in [-0.2, -0.15) is 13.2 Å². The van der Waals surface area contributed by atoms with E-state index in [1.807, 2.05) is 18.4 Å². The second-order valence-electron chi connectivity index (χ2n) is 3.95. The Morgan fingerprint density at radius 2 is 1.79 bits per heavy atom. The first-order valence-corrected chi connectivity index (χ1v) is 7.14. The van der Waals surface area contributed by atoms with Crippen LogP contribution >= 0.6 is 23.1 Å². The maximum atomic E-state index is 12.2. The van der Waals surface area contributed by atoms with Gasteiger partial charge in [-0.3, -0.25) is 0 Å². The summed E-state index contributed by atoms with van der Waals surface area (Å²) in [6.45, 7) is 1.90. The van der Waals surface area contributed by atoms with Crippen molar-refractivity contribution in [3.05, 3.63) is 51.7 Å². The Kier molecular flexibility index (Phi) is 4.23. The van der Waals surface area contributed by atoms with Crippen molar-refractivity contribution >= 4 is 23.1 Å². The van der Waals surface area contributed by atoms with E-state index in [2.05, 4.69) is 0 Å². The standard InChI is InChI=1S/C13H11F3OS2/c1-8-11(6-7-18-8)12(17)9-2-4-10(5-3-9)19-13(14,15)16/h2-7,12,17H,1H3. The molecular weight excluding hydrogens is 293 g/mol. The Morgan fingerprint density at radius 1 is 1.16 bits per heavy atom. The number of aryl methyl sites for hydroxylation is 1. The van der Waals surface area contributed by atoms with Gasteiger partial charge in [-0.05, 0) is 53.4 Å². The molecule has 0 aliphatic carbocycles. The molecule has 1 N–H and O–H groups in total. The molecule has 0 spiro atoms. The molecule has 1 heterocycles. The molecule has 0 saturated carbocycles. The minimum Gasteiger partial charge on any atom is -0.384 e. The molecule has 0 radical (unpaired) electrons. The van der Waals surface area contributed by atoms with E-state index in [0.29, 0.717) is 5.56 Å². The number of rotatable bonds is 3. The quantitative estimate of drug-likeness (QED) is 0.826. The van der Waals surface area contributed by atoms with Crippen LogP contribution in [0.3, 0.4) is 0 Å². The van der Waals surface area contributed by atoms with Crippen molar-refractivity contribution in [2.75, 3.05) is 0 Å². The summed E-state index contributed by atoms with van der Waals surface area (Å²) in [5, 5.41) is 12.0. The second kappa shape index (κ2) is 5.56. The van der Waals surface area contributed by atoms with E-state index in [1.54, 1.807) is 0 Å². The SMILES string of the molecule is Cc1sccc1C(O)c1ccc(SC(F)(F)F)cc1. The summed E-state index contributed by atoms with van der Waals surface area (Å²) >= 11 is 1.37. The lowest BCUT2D eigenvalue weighted by Gasteiger charge is -2.12. The minimum absolute atomic E-state index is 0.116. The molecular formula is C13H11F3OS2. The van der Waals surface area contributed by atoms with Gasteiger partial charge in [0.15, 0.2) is 0 Å². The maximum Gasteiger partial charge on any atom is 0.446 e. The summed E-state index contributed by atoms with van der Waals surface area (Å²) < 4.78 is 36.6. The van der Waals surface area contributed by atoms with Gasteiger partial charge >= 0.3 is 5.51 Å². The molecule has 0 aliphatic rings. The van der Waals surface area contributed by atoms with Crippen LogP contribution in [0.1, 0.15) is 22.1 Å². The highest BCUT2D eigenvalue weighted by Crippen LogP contribution is 2.37. The Hall–Kier alpha value is -0.980. The molecule has 0 saturated heterocycles. The number of thioether (sulfide) groups is 1. The van der Waals surface area contributed by atoms with Gasteiger partial charge in [0.1, 0.15) is 6.10 Å². The summed E-state index contributed by atoms with van der Waals surface area (Å²) in [5.74, 6) is 0. The average molecular weight is 304 g/mol. The van der Waals surface area contributed by atoms with Crippen molar-refractivity contribution in [1.82, 2.24) is 0 Å². The highest BCUT2D eigenvalue weighted by Gasteiger charge is 2.29. The lowest BCUT2D eigenvalue weighted by molar-refractivity contribution is -0.0328. The molecule has 19 heavy (non-hydrogen) atoms. The Balaban J connectivity index is 2.17. The average Bonchev–Trinajstić information content (AvgIpc) is 2.73. The third-order valence-corrected chi connectivity index (χ3v) is 4.22. The monoisotopic (exact) mass is 304 g/mol. The first-order chi connectivity index (χ1) is 8.87. The molecule has 6 heteroatoms. The van der Waals surface area contributed by atoms with Crippen LogP contribution in [-0.2, 0) is 0 Å². The van der Waals surface area contributed by atoms with E-state index >= 15 is 0 Å². The Labute approximate surface area is 117 Å². The molecule has 102 valence electrons. The van der Waals surface area contributed by atoms with Gasteiger partial charge in [0.2, 0.25) is 0 Å². The molecule has 0 bridgehead atoms. The molecule has 0 aliphatic heterocycles.